The van der Waals surface area contributed by atoms with E-state index in [0.29, 0.717) is 54.8 Å². The van der Waals surface area contributed by atoms with Crippen molar-refractivity contribution in [2.45, 2.75) is 55.4 Å². The summed E-state index contributed by atoms with van der Waals surface area (Å²) in [5, 5.41) is 3.55. The van der Waals surface area contributed by atoms with Crippen LogP contribution in [0.3, 0.4) is 0 Å². The lowest BCUT2D eigenvalue weighted by Gasteiger charge is -2.34. The summed E-state index contributed by atoms with van der Waals surface area (Å²) >= 11 is 0. The fourth-order valence-corrected chi connectivity index (χ4v) is 6.79. The Morgan fingerprint density at radius 3 is 2.24 bits per heavy atom. The molecule has 266 valence electrons. The van der Waals surface area contributed by atoms with Crippen molar-refractivity contribution < 1.29 is 49.5 Å². The minimum atomic E-state index is -4.74. The van der Waals surface area contributed by atoms with Gasteiger partial charge in [0.2, 0.25) is 0 Å². The topological polar surface area (TPSA) is 118 Å². The molecule has 2 aliphatic rings. The Balaban J connectivity index is 0.985. The van der Waals surface area contributed by atoms with Gasteiger partial charge in [-0.15, -0.1) is 13.2 Å². The molecule has 2 saturated heterocycles. The van der Waals surface area contributed by atoms with E-state index in [1.54, 1.807) is 36.4 Å². The van der Waals surface area contributed by atoms with Gasteiger partial charge in [0.05, 0.1) is 11.4 Å². The van der Waals surface area contributed by atoms with Crippen LogP contribution in [0.4, 0.5) is 17.6 Å². The third-order valence-electron chi connectivity index (χ3n) is 8.78. The van der Waals surface area contributed by atoms with E-state index in [1.165, 1.54) is 41.3 Å². The lowest BCUT2D eigenvalue weighted by Crippen LogP contribution is -2.49. The summed E-state index contributed by atoms with van der Waals surface area (Å²) in [6.45, 7) is 1.99. The number of fused-ring (bicyclic) bond motifs is 1. The molecule has 3 heterocycles. The van der Waals surface area contributed by atoms with Crippen LogP contribution in [-0.4, -0.2) is 87.1 Å². The van der Waals surface area contributed by atoms with Crippen molar-refractivity contribution >= 4 is 32.6 Å². The van der Waals surface area contributed by atoms with Gasteiger partial charge in [-0.05, 0) is 79.1 Å². The Bertz CT molecular complexity index is 1940. The molecule has 2 amide bonds. The summed E-state index contributed by atoms with van der Waals surface area (Å²) < 4.78 is 91.2. The van der Waals surface area contributed by atoms with Crippen molar-refractivity contribution in [3.63, 3.8) is 0 Å². The molecule has 10 nitrogen and oxygen atoms in total. The van der Waals surface area contributed by atoms with Gasteiger partial charge in [-0.25, -0.2) is 12.8 Å². The molecule has 2 aliphatic heterocycles. The molecule has 2 atom stereocenters. The number of alkyl halides is 4. The molecule has 1 aromatic heterocycles. The van der Waals surface area contributed by atoms with Crippen molar-refractivity contribution in [2.24, 2.45) is 0 Å². The van der Waals surface area contributed by atoms with Gasteiger partial charge in [0.1, 0.15) is 23.2 Å². The van der Waals surface area contributed by atoms with E-state index in [0.717, 1.165) is 11.8 Å². The molecule has 0 saturated carbocycles. The second-order valence-corrected chi connectivity index (χ2v) is 14.6. The molecule has 0 aliphatic carbocycles. The van der Waals surface area contributed by atoms with Crippen molar-refractivity contribution in [1.29, 1.82) is 0 Å². The maximum Gasteiger partial charge on any atom is 0.573 e. The Morgan fingerprint density at radius 1 is 0.920 bits per heavy atom. The number of ether oxygens (including phenoxy) is 2. The zero-order valence-electron chi connectivity index (χ0n) is 27.0. The summed E-state index contributed by atoms with van der Waals surface area (Å²) in [5.74, 6) is -0.588. The zero-order chi connectivity index (χ0) is 35.6. The molecule has 1 N–H and O–H groups in total. The van der Waals surface area contributed by atoms with Gasteiger partial charge in [0, 0.05) is 55.8 Å². The summed E-state index contributed by atoms with van der Waals surface area (Å²) in [5.41, 5.74) is 1.59. The van der Waals surface area contributed by atoms with Gasteiger partial charge in [-0.2, -0.15) is 0 Å². The fraction of sp³-hybridized carbons (Fsp3) is 0.371. The van der Waals surface area contributed by atoms with Crippen molar-refractivity contribution in [3.05, 3.63) is 89.7 Å². The average molecular weight is 718 g/mol. The number of amides is 2. The Kier molecular flexibility index (Phi) is 10.1. The van der Waals surface area contributed by atoms with Crippen molar-refractivity contribution in [2.75, 3.05) is 32.4 Å². The maximum absolute atomic E-state index is 15.1. The highest BCUT2D eigenvalue weighted by Crippen LogP contribution is 2.27. The van der Waals surface area contributed by atoms with E-state index < -0.39 is 28.5 Å². The molecule has 4 aromatic rings. The van der Waals surface area contributed by atoms with Gasteiger partial charge < -0.3 is 24.1 Å². The zero-order valence-corrected chi connectivity index (χ0v) is 27.8. The normalized spacial score (nSPS) is 19.3. The van der Waals surface area contributed by atoms with Gasteiger partial charge in [-0.3, -0.25) is 14.5 Å². The molecule has 50 heavy (non-hydrogen) atoms. The van der Waals surface area contributed by atoms with E-state index in [1.807, 2.05) is 0 Å². The highest BCUT2D eigenvalue weighted by molar-refractivity contribution is 7.90. The van der Waals surface area contributed by atoms with Crippen LogP contribution < -0.4 is 14.8 Å². The summed E-state index contributed by atoms with van der Waals surface area (Å²) in [6.07, 6.45) is -4.31. The molecule has 0 spiro atoms. The Labute approximate surface area is 285 Å². The molecular formula is C35H35F4N3O7S. The number of benzene rings is 3. The van der Waals surface area contributed by atoms with Crippen LogP contribution in [0.5, 0.6) is 11.5 Å². The summed E-state index contributed by atoms with van der Waals surface area (Å²) in [6, 6.07) is 17.8. The van der Waals surface area contributed by atoms with Crippen LogP contribution in [0.2, 0.25) is 0 Å². The first-order valence-corrected chi connectivity index (χ1v) is 17.9. The molecule has 3 aromatic carbocycles. The third kappa shape index (κ3) is 8.74. The van der Waals surface area contributed by atoms with Gasteiger partial charge in [-0.1, -0.05) is 12.1 Å². The van der Waals surface area contributed by atoms with Crippen LogP contribution in [-0.2, 0) is 16.4 Å². The highest BCUT2D eigenvalue weighted by atomic mass is 32.2. The van der Waals surface area contributed by atoms with Crippen molar-refractivity contribution in [3.8, 4) is 11.5 Å². The SMILES string of the molecule is CS(=O)(=O)c1ccc(OC2CCN(C(=O)c3ccc4oc(C(=O)NC5CCN(Cc6ccc(OC(F)(F)F)cc6)CC5)cc4c3)CC2F)cc1. The number of carbonyl (C=O) groups is 2. The molecule has 2 fully saturated rings. The molecule has 6 rings (SSSR count). The average Bonchev–Trinajstić information content (AvgIpc) is 3.50. The number of sulfone groups is 1. The van der Waals surface area contributed by atoms with Crippen molar-refractivity contribution in [1.82, 2.24) is 15.1 Å². The van der Waals surface area contributed by atoms with E-state index in [-0.39, 0.29) is 53.8 Å². The number of nitrogens with one attached hydrogen (secondary N) is 1. The number of piperidine rings is 2. The van der Waals surface area contributed by atoms with Crippen LogP contribution in [0, 0.1) is 0 Å². The molecule has 0 bridgehead atoms. The van der Waals surface area contributed by atoms with Crippen LogP contribution in [0.15, 0.2) is 82.1 Å². The number of rotatable bonds is 9. The smallest absolute Gasteiger partial charge is 0.487 e. The largest absolute Gasteiger partial charge is 0.573 e. The number of carbonyl (C=O) groups excluding carboxylic acids is 2. The Hall–Kier alpha value is -4.63. The minimum absolute atomic E-state index is 0.0968. The number of hydrogen-bond acceptors (Lipinski definition) is 8. The fourth-order valence-electron chi connectivity index (χ4n) is 6.16. The summed E-state index contributed by atoms with van der Waals surface area (Å²) in [7, 11) is -3.37. The molecule has 2 unspecified atom stereocenters. The second-order valence-electron chi connectivity index (χ2n) is 12.5. The second kappa shape index (κ2) is 14.3. The lowest BCUT2D eigenvalue weighted by atomic mass is 10.0. The number of nitrogens with zero attached hydrogens (tertiary/aromatic N) is 2. The molecule has 15 heteroatoms. The Morgan fingerprint density at radius 2 is 1.60 bits per heavy atom. The predicted octanol–water partition coefficient (Wildman–Crippen LogP) is 5.76. The minimum Gasteiger partial charge on any atom is -0.487 e. The van der Waals surface area contributed by atoms with E-state index in [4.69, 9.17) is 9.15 Å². The maximum atomic E-state index is 15.1. The van der Waals surface area contributed by atoms with Crippen LogP contribution >= 0.6 is 0 Å². The number of hydrogen-bond donors (Lipinski definition) is 1. The molecule has 0 radical (unpaired) electrons. The predicted molar refractivity (Wildman–Crippen MR) is 174 cm³/mol. The number of halogens is 4. The molecular weight excluding hydrogens is 682 g/mol. The van der Waals surface area contributed by atoms with E-state index in [2.05, 4.69) is 15.0 Å². The monoisotopic (exact) mass is 717 g/mol. The van der Waals surface area contributed by atoms with E-state index in [9.17, 15) is 31.2 Å². The quantitative estimate of drug-likeness (QED) is 0.217. The van der Waals surface area contributed by atoms with Crippen LogP contribution in [0.1, 0.15) is 45.7 Å². The van der Waals surface area contributed by atoms with Gasteiger partial charge >= 0.3 is 6.36 Å². The summed E-state index contributed by atoms with van der Waals surface area (Å²) in [4.78, 5) is 30.0. The number of furan rings is 1. The van der Waals surface area contributed by atoms with Crippen LogP contribution in [0.25, 0.3) is 11.0 Å². The standard InChI is InChI=1S/C35H35F4N3O7S/c1-50(45,46)28-9-7-26(8-10-28)47-31-14-17-42(21-29(31)36)34(44)23-4-11-30-24(18-23)19-32(48-30)33(43)40-25-12-15-41(16-13-25)20-22-2-5-27(6-3-22)49-35(37,38)39/h2-11,18-19,25,29,31H,12-17,20-21H2,1H3,(H,40,43). The van der Waals surface area contributed by atoms with E-state index >= 15 is 4.39 Å². The first kappa shape index (κ1) is 35.2. The number of likely N-dealkylation sites (tertiary alicyclic amines) is 2. The van der Waals surface area contributed by atoms with Gasteiger partial charge in [0.25, 0.3) is 11.8 Å². The highest BCUT2D eigenvalue weighted by Gasteiger charge is 2.34. The lowest BCUT2D eigenvalue weighted by molar-refractivity contribution is -0.274. The third-order valence-corrected chi connectivity index (χ3v) is 9.91. The van der Waals surface area contributed by atoms with Gasteiger partial charge in [0.15, 0.2) is 21.8 Å². The first-order chi connectivity index (χ1) is 23.7. The first-order valence-electron chi connectivity index (χ1n) is 16.0.